The monoisotopic (exact) mass is 383 g/mol. The maximum absolute atomic E-state index is 11.4. The summed E-state index contributed by atoms with van der Waals surface area (Å²) < 4.78 is 56.3. The molecular weight excluding hydrogens is 366 g/mol. The minimum Gasteiger partial charge on any atom is -0.379 e. The van der Waals surface area contributed by atoms with Crippen LogP contribution in [0.5, 0.6) is 0 Å². The number of hydrogen-bond donors (Lipinski definition) is 3. The number of hydrogen-bond acceptors (Lipinski definition) is 10. The first-order chi connectivity index (χ1) is 10.2. The van der Waals surface area contributed by atoms with Gasteiger partial charge in [0.15, 0.2) is 6.79 Å². The van der Waals surface area contributed by atoms with Crippen LogP contribution >= 0.6 is 24.3 Å². The first kappa shape index (κ1) is 20.4. The first-order valence-electron chi connectivity index (χ1n) is 5.93. The molecule has 1 fully saturated rings. The van der Waals surface area contributed by atoms with Gasteiger partial charge in [0.1, 0.15) is 14.0 Å². The van der Waals surface area contributed by atoms with Crippen LogP contribution in [0, 0.1) is 0 Å². The minimum absolute atomic E-state index is 0.128. The summed E-state index contributed by atoms with van der Waals surface area (Å²) in [5.41, 5.74) is 0. The Kier molecular flexibility index (Phi) is 8.95. The zero-order chi connectivity index (χ0) is 16.8. The van der Waals surface area contributed by atoms with Crippen LogP contribution in [0.1, 0.15) is 6.42 Å². The second-order valence-electron chi connectivity index (χ2n) is 4.21. The maximum Gasteiger partial charge on any atom is 0.476 e. The van der Waals surface area contributed by atoms with Crippen molar-refractivity contribution in [2.24, 2.45) is 5.90 Å². The van der Waals surface area contributed by atoms with Crippen molar-refractivity contribution in [2.45, 2.75) is 24.6 Å². The lowest BCUT2D eigenvalue weighted by atomic mass is 9.96. The summed E-state index contributed by atoms with van der Waals surface area (Å²) >= 11 is 0. The Hall–Kier alpha value is 0.395. The fourth-order valence-electron chi connectivity index (χ4n) is 1.73. The van der Waals surface area contributed by atoms with Crippen molar-refractivity contribution in [3.05, 3.63) is 0 Å². The molecule has 1 aliphatic heterocycles. The summed E-state index contributed by atoms with van der Waals surface area (Å²) in [5, 5.41) is 0. The Morgan fingerprint density at radius 1 is 1.36 bits per heavy atom. The van der Waals surface area contributed by atoms with Crippen LogP contribution in [-0.4, -0.2) is 49.2 Å². The number of rotatable bonds is 10. The lowest BCUT2D eigenvalue weighted by Gasteiger charge is -2.18. The summed E-state index contributed by atoms with van der Waals surface area (Å²) in [7, 11) is -10.1. The van der Waals surface area contributed by atoms with Gasteiger partial charge in [-0.3, -0.25) is 14.0 Å². The molecule has 12 nitrogen and oxygen atoms in total. The summed E-state index contributed by atoms with van der Waals surface area (Å²) in [6, 6.07) is -0.128. The van der Waals surface area contributed by atoms with Crippen molar-refractivity contribution >= 4 is 32.2 Å². The summed E-state index contributed by atoms with van der Waals surface area (Å²) in [5.74, 6) is 4.84. The van der Waals surface area contributed by atoms with Gasteiger partial charge in [-0.05, 0) is 6.42 Å². The van der Waals surface area contributed by atoms with Crippen molar-refractivity contribution in [1.82, 2.24) is 0 Å². The largest absolute Gasteiger partial charge is 0.476 e. The van der Waals surface area contributed by atoms with Crippen LogP contribution in [0.4, 0.5) is 0 Å². The molecule has 0 saturated carbocycles. The number of nitrogens with two attached hydrogens (primary N) is 1. The second kappa shape index (κ2) is 9.63. The van der Waals surface area contributed by atoms with Gasteiger partial charge in [0.05, 0.1) is 12.7 Å². The third-order valence-electron chi connectivity index (χ3n) is 2.46. The number of ether oxygens (including phenoxy) is 2. The van der Waals surface area contributed by atoms with Gasteiger partial charge < -0.3 is 23.8 Å². The quantitative estimate of drug-likeness (QED) is 0.180. The molecule has 0 aromatic carbocycles. The Bertz CT molecular complexity index is 446. The minimum atomic E-state index is -4.99. The summed E-state index contributed by atoms with van der Waals surface area (Å²) in [4.78, 5) is 21.1. The molecule has 0 amide bonds. The molecule has 1 saturated heterocycles. The molecule has 2 unspecified atom stereocenters. The van der Waals surface area contributed by atoms with Crippen molar-refractivity contribution in [2.75, 3.05) is 13.4 Å². The maximum atomic E-state index is 11.4. The van der Waals surface area contributed by atoms with Crippen LogP contribution in [0.25, 0.3) is 0 Å². The van der Waals surface area contributed by atoms with Crippen molar-refractivity contribution in [3.8, 4) is 0 Å². The third-order valence-corrected chi connectivity index (χ3v) is 5.75. The zero-order valence-electron chi connectivity index (χ0n) is 11.4. The summed E-state index contributed by atoms with van der Waals surface area (Å²) in [6.07, 6.45) is -0.443. The van der Waals surface area contributed by atoms with Crippen LogP contribution in [-0.2, 0) is 41.2 Å². The predicted octanol–water partition coefficient (Wildman–Crippen LogP) is -1.11. The fraction of sp³-hybridized carbons (Fsp3) is 1.00. The summed E-state index contributed by atoms with van der Waals surface area (Å²) in [6.45, 7) is -0.366. The molecule has 16 heteroatoms. The smallest absolute Gasteiger partial charge is 0.379 e. The standard InChI is InChI=1S/C6H17BNO11P3/c7-6-1-4(14-3-15-8)5(17-6)2-16-20(9)18-21(10)19-22(11,12)13/h4-6,20-21H,1-3,7-8H2,(H2,11,12,13)/t4-,5-,6-/m1/s1. The van der Waals surface area contributed by atoms with Crippen LogP contribution in [0.2, 0.25) is 0 Å². The van der Waals surface area contributed by atoms with E-state index in [1.807, 2.05) is 0 Å². The Balaban J connectivity index is 2.36. The average Bonchev–Trinajstić information content (AvgIpc) is 2.71. The molecule has 1 aliphatic rings. The molecule has 5 atom stereocenters. The lowest BCUT2D eigenvalue weighted by molar-refractivity contribution is -0.114. The van der Waals surface area contributed by atoms with E-state index in [1.165, 1.54) is 0 Å². The zero-order valence-corrected chi connectivity index (χ0v) is 14.3. The van der Waals surface area contributed by atoms with E-state index in [4.69, 9.17) is 29.7 Å². The van der Waals surface area contributed by atoms with Crippen molar-refractivity contribution < 1.29 is 50.9 Å². The van der Waals surface area contributed by atoms with E-state index in [0.29, 0.717) is 6.42 Å². The first-order valence-corrected chi connectivity index (χ1v) is 9.91. The molecule has 22 heavy (non-hydrogen) atoms. The molecule has 0 spiro atoms. The van der Waals surface area contributed by atoms with E-state index in [9.17, 15) is 13.7 Å². The molecule has 0 bridgehead atoms. The fourth-order valence-corrected chi connectivity index (χ4v) is 4.07. The Morgan fingerprint density at radius 3 is 2.64 bits per heavy atom. The van der Waals surface area contributed by atoms with Gasteiger partial charge in [-0.2, -0.15) is 0 Å². The SMILES string of the molecule is B[C@H]1C[C@@H](OCON)[C@@H](CO[PH](=O)O[PH](=O)OP(=O)(O)O)O1. The number of phosphoric acid groups is 1. The third kappa shape index (κ3) is 8.30. The molecular formula is C6H17BNO11P3. The predicted molar refractivity (Wildman–Crippen MR) is 75.0 cm³/mol. The molecule has 130 valence electrons. The topological polar surface area (TPSA) is 173 Å². The molecule has 1 rings (SSSR count). The van der Waals surface area contributed by atoms with E-state index in [1.54, 1.807) is 7.85 Å². The van der Waals surface area contributed by atoms with Crippen LogP contribution in [0.3, 0.4) is 0 Å². The highest BCUT2D eigenvalue weighted by Gasteiger charge is 2.34. The average molecular weight is 383 g/mol. The van der Waals surface area contributed by atoms with Crippen LogP contribution in [0.15, 0.2) is 0 Å². The van der Waals surface area contributed by atoms with Gasteiger partial charge in [0, 0.05) is 6.00 Å². The molecule has 0 aliphatic carbocycles. The highest BCUT2D eigenvalue weighted by Crippen LogP contribution is 2.52. The Morgan fingerprint density at radius 2 is 2.05 bits per heavy atom. The highest BCUT2D eigenvalue weighted by atomic mass is 31.3. The molecule has 0 aromatic heterocycles. The van der Waals surface area contributed by atoms with Gasteiger partial charge in [-0.25, -0.2) is 19.1 Å². The molecule has 0 aromatic rings. The van der Waals surface area contributed by atoms with Crippen molar-refractivity contribution in [1.29, 1.82) is 0 Å². The van der Waals surface area contributed by atoms with Gasteiger partial charge in [0.25, 0.3) is 0 Å². The molecule has 0 radical (unpaired) electrons. The second-order valence-corrected chi connectivity index (χ2v) is 8.02. The van der Waals surface area contributed by atoms with E-state index < -0.39 is 36.5 Å². The van der Waals surface area contributed by atoms with Gasteiger partial charge in [-0.1, -0.05) is 0 Å². The van der Waals surface area contributed by atoms with Crippen LogP contribution < -0.4 is 5.90 Å². The highest BCUT2D eigenvalue weighted by molar-refractivity contribution is 7.58. The molecule has 1 heterocycles. The van der Waals surface area contributed by atoms with Gasteiger partial charge in [-0.15, -0.1) is 0 Å². The molecule has 4 N–H and O–H groups in total. The van der Waals surface area contributed by atoms with E-state index in [-0.39, 0.29) is 19.4 Å². The van der Waals surface area contributed by atoms with Gasteiger partial charge in [0.2, 0.25) is 0 Å². The normalized spacial score (nSPS) is 28.6. The van der Waals surface area contributed by atoms with Crippen molar-refractivity contribution in [3.63, 3.8) is 0 Å². The Labute approximate surface area is 128 Å². The van der Waals surface area contributed by atoms with E-state index in [0.717, 1.165) is 0 Å². The lowest BCUT2D eigenvalue weighted by Crippen LogP contribution is -2.29. The van der Waals surface area contributed by atoms with E-state index in [2.05, 4.69) is 13.5 Å². The van der Waals surface area contributed by atoms with E-state index >= 15 is 0 Å². The van der Waals surface area contributed by atoms with Gasteiger partial charge >= 0.3 is 24.3 Å².